The quantitative estimate of drug-likeness (QED) is 0.668. The third-order valence-electron chi connectivity index (χ3n) is 5.54. The van der Waals surface area contributed by atoms with Gasteiger partial charge in [-0.2, -0.15) is 0 Å². The van der Waals surface area contributed by atoms with Gasteiger partial charge in [0.15, 0.2) is 6.29 Å². The van der Waals surface area contributed by atoms with Gasteiger partial charge >= 0.3 is 0 Å². The molecule has 0 spiro atoms. The Bertz CT molecular complexity index is 776. The molecule has 0 radical (unpaired) electrons. The van der Waals surface area contributed by atoms with Gasteiger partial charge in [-0.25, -0.2) is 0 Å². The Morgan fingerprint density at radius 1 is 1.03 bits per heavy atom. The van der Waals surface area contributed by atoms with E-state index in [-0.39, 0.29) is 24.7 Å². The van der Waals surface area contributed by atoms with Crippen molar-refractivity contribution in [2.75, 3.05) is 20.1 Å². The smallest absolute Gasteiger partial charge is 0.184 e. The number of hydrogen-bond acceptors (Lipinski definition) is 5. The number of aliphatic hydroxyl groups is 1. The van der Waals surface area contributed by atoms with E-state index in [0.717, 1.165) is 35.3 Å². The van der Waals surface area contributed by atoms with Gasteiger partial charge in [-0.15, -0.1) is 6.58 Å². The first kappa shape index (κ1) is 21.7. The third-order valence-corrected chi connectivity index (χ3v) is 5.54. The molecular formula is C24H32N2O3. The average Bonchev–Trinajstić information content (AvgIpc) is 2.75. The summed E-state index contributed by atoms with van der Waals surface area (Å²) in [4.78, 5) is 2.21. The zero-order chi connectivity index (χ0) is 20.8. The van der Waals surface area contributed by atoms with Crippen LogP contribution in [-0.4, -0.2) is 36.2 Å². The first-order valence-corrected chi connectivity index (χ1v) is 10.1. The summed E-state index contributed by atoms with van der Waals surface area (Å²) < 4.78 is 12.8. The summed E-state index contributed by atoms with van der Waals surface area (Å²) >= 11 is 0. The molecule has 0 bridgehead atoms. The van der Waals surface area contributed by atoms with Gasteiger partial charge in [-0.05, 0) is 23.7 Å². The van der Waals surface area contributed by atoms with Crippen molar-refractivity contribution in [2.24, 2.45) is 11.7 Å². The maximum atomic E-state index is 9.34. The van der Waals surface area contributed by atoms with E-state index < -0.39 is 6.29 Å². The summed E-state index contributed by atoms with van der Waals surface area (Å²) in [6, 6.07) is 16.1. The second kappa shape index (κ2) is 10.1. The highest BCUT2D eigenvalue weighted by Gasteiger charge is 2.38. The molecule has 1 heterocycles. The molecule has 1 aliphatic rings. The van der Waals surface area contributed by atoms with E-state index in [1.165, 1.54) is 0 Å². The lowest BCUT2D eigenvalue weighted by Crippen LogP contribution is -2.43. The summed E-state index contributed by atoms with van der Waals surface area (Å²) in [6.07, 6.45) is 1.37. The number of hydrogen-bond donors (Lipinski definition) is 2. The van der Waals surface area contributed by atoms with E-state index in [1.54, 1.807) is 0 Å². The van der Waals surface area contributed by atoms with E-state index in [0.29, 0.717) is 6.54 Å². The number of rotatable bonds is 8. The molecular weight excluding hydrogens is 364 g/mol. The summed E-state index contributed by atoms with van der Waals surface area (Å²) in [5.41, 5.74) is 9.79. The van der Waals surface area contributed by atoms with Gasteiger partial charge in [0.25, 0.3) is 0 Å². The second-order valence-corrected chi connectivity index (χ2v) is 7.78. The van der Waals surface area contributed by atoms with Crippen LogP contribution >= 0.6 is 0 Å². The summed E-state index contributed by atoms with van der Waals surface area (Å²) in [6.45, 7) is 8.15. The second-order valence-electron chi connectivity index (χ2n) is 7.78. The largest absolute Gasteiger partial charge is 0.392 e. The van der Waals surface area contributed by atoms with Crippen LogP contribution in [0.1, 0.15) is 41.6 Å². The fourth-order valence-corrected chi connectivity index (χ4v) is 3.74. The molecule has 156 valence electrons. The number of benzene rings is 2. The van der Waals surface area contributed by atoms with E-state index >= 15 is 0 Å². The van der Waals surface area contributed by atoms with Crippen LogP contribution < -0.4 is 5.73 Å². The van der Waals surface area contributed by atoms with Gasteiger partial charge in [-0.3, -0.25) is 0 Å². The van der Waals surface area contributed by atoms with Crippen molar-refractivity contribution in [3.8, 4) is 0 Å². The minimum Gasteiger partial charge on any atom is -0.392 e. The van der Waals surface area contributed by atoms with Crippen LogP contribution in [0.2, 0.25) is 0 Å². The lowest BCUT2D eigenvalue weighted by atomic mass is 9.90. The van der Waals surface area contributed by atoms with Crippen LogP contribution in [0, 0.1) is 5.92 Å². The Kier molecular flexibility index (Phi) is 7.58. The molecule has 1 saturated heterocycles. The van der Waals surface area contributed by atoms with Crippen molar-refractivity contribution in [3.05, 3.63) is 83.4 Å². The van der Waals surface area contributed by atoms with Crippen LogP contribution in [0.15, 0.2) is 61.2 Å². The molecule has 0 saturated carbocycles. The Balaban J connectivity index is 1.87. The standard InChI is InChI=1S/C24H32N2O3/c1-4-13-26(3)15-22-17(2)23(20-9-7-19(16-27)8-10-20)29-24(28-22)21-11-5-18(14-25)6-12-21/h4-12,17,22-24,27H,1,13-16,25H2,2-3H3/t17-,22+,23+,24+/m1/s1. The van der Waals surface area contributed by atoms with Crippen LogP contribution in [0.3, 0.4) is 0 Å². The molecule has 0 amide bonds. The molecule has 3 rings (SSSR count). The summed E-state index contributed by atoms with van der Waals surface area (Å²) in [5, 5.41) is 9.34. The van der Waals surface area contributed by atoms with Crippen LogP contribution in [0.5, 0.6) is 0 Å². The molecule has 5 nitrogen and oxygen atoms in total. The van der Waals surface area contributed by atoms with Crippen molar-refractivity contribution in [1.82, 2.24) is 4.90 Å². The Labute approximate surface area is 173 Å². The predicted octanol–water partition coefficient (Wildman–Crippen LogP) is 3.55. The molecule has 0 aliphatic carbocycles. The van der Waals surface area contributed by atoms with Crippen molar-refractivity contribution in [1.29, 1.82) is 0 Å². The topological polar surface area (TPSA) is 68.0 Å². The molecule has 1 aliphatic heterocycles. The minimum atomic E-state index is -0.442. The molecule has 1 fully saturated rings. The Morgan fingerprint density at radius 3 is 2.24 bits per heavy atom. The van der Waals surface area contributed by atoms with Crippen molar-refractivity contribution in [3.63, 3.8) is 0 Å². The SMILES string of the molecule is C=CCN(C)C[C@@H]1O[C@H](c2ccc(CN)cc2)O[C@H](c2ccc(CO)cc2)[C@@H]1C. The molecule has 0 unspecified atom stereocenters. The third kappa shape index (κ3) is 5.32. The molecule has 2 aromatic carbocycles. The van der Waals surface area contributed by atoms with Crippen LogP contribution in [-0.2, 0) is 22.6 Å². The van der Waals surface area contributed by atoms with Gasteiger partial charge in [0, 0.05) is 31.1 Å². The van der Waals surface area contributed by atoms with E-state index in [9.17, 15) is 5.11 Å². The first-order chi connectivity index (χ1) is 14.0. The van der Waals surface area contributed by atoms with Crippen molar-refractivity contribution < 1.29 is 14.6 Å². The van der Waals surface area contributed by atoms with Crippen LogP contribution in [0.4, 0.5) is 0 Å². The highest BCUT2D eigenvalue weighted by Crippen LogP contribution is 2.41. The van der Waals surface area contributed by atoms with Gasteiger partial charge in [-0.1, -0.05) is 61.5 Å². The van der Waals surface area contributed by atoms with Crippen molar-refractivity contribution in [2.45, 2.75) is 38.6 Å². The highest BCUT2D eigenvalue weighted by molar-refractivity contribution is 5.26. The first-order valence-electron chi connectivity index (χ1n) is 10.1. The van der Waals surface area contributed by atoms with Gasteiger partial charge in [0.05, 0.1) is 18.8 Å². The van der Waals surface area contributed by atoms with Crippen molar-refractivity contribution >= 4 is 0 Å². The number of aliphatic hydroxyl groups excluding tert-OH is 1. The molecule has 2 aromatic rings. The van der Waals surface area contributed by atoms with E-state index in [1.807, 2.05) is 54.6 Å². The zero-order valence-electron chi connectivity index (χ0n) is 17.3. The lowest BCUT2D eigenvalue weighted by Gasteiger charge is -2.42. The van der Waals surface area contributed by atoms with Crippen LogP contribution in [0.25, 0.3) is 0 Å². The van der Waals surface area contributed by atoms with E-state index in [4.69, 9.17) is 15.2 Å². The Hall–Kier alpha value is -2.02. The number of likely N-dealkylation sites (N-methyl/N-ethyl adjacent to an activating group) is 1. The number of nitrogens with zero attached hydrogens (tertiary/aromatic N) is 1. The van der Waals surface area contributed by atoms with Gasteiger partial charge < -0.3 is 25.2 Å². The maximum Gasteiger partial charge on any atom is 0.184 e. The summed E-state index contributed by atoms with van der Waals surface area (Å²) in [7, 11) is 2.07. The molecule has 4 atom stereocenters. The van der Waals surface area contributed by atoms with Gasteiger partial charge in [0.2, 0.25) is 0 Å². The molecule has 3 N–H and O–H groups in total. The number of ether oxygens (including phenoxy) is 2. The number of nitrogens with two attached hydrogens (primary N) is 1. The van der Waals surface area contributed by atoms with Gasteiger partial charge in [0.1, 0.15) is 0 Å². The predicted molar refractivity (Wildman–Crippen MR) is 115 cm³/mol. The zero-order valence-corrected chi connectivity index (χ0v) is 17.3. The molecule has 5 heteroatoms. The molecule has 0 aromatic heterocycles. The fraction of sp³-hybridized carbons (Fsp3) is 0.417. The maximum absolute atomic E-state index is 9.34. The normalized spacial score (nSPS) is 24.6. The monoisotopic (exact) mass is 396 g/mol. The minimum absolute atomic E-state index is 0.00963. The molecule has 29 heavy (non-hydrogen) atoms. The lowest BCUT2D eigenvalue weighted by molar-refractivity contribution is -0.275. The average molecular weight is 397 g/mol. The van der Waals surface area contributed by atoms with E-state index in [2.05, 4.69) is 25.5 Å². The summed E-state index contributed by atoms with van der Waals surface area (Å²) in [5.74, 6) is 0.168. The Morgan fingerprint density at radius 2 is 1.66 bits per heavy atom. The highest BCUT2D eigenvalue weighted by atomic mass is 16.7. The fourth-order valence-electron chi connectivity index (χ4n) is 3.74.